The van der Waals surface area contributed by atoms with Gasteiger partial charge in [0.1, 0.15) is 11.5 Å². The Morgan fingerprint density at radius 2 is 1.61 bits per heavy atom. The average Bonchev–Trinajstić information content (AvgIpc) is 3.38. The molecule has 9 heteroatoms. The van der Waals surface area contributed by atoms with E-state index < -0.39 is 35.0 Å². The van der Waals surface area contributed by atoms with Crippen molar-refractivity contribution >= 4 is 40.9 Å². The van der Waals surface area contributed by atoms with Gasteiger partial charge < -0.3 is 10.2 Å². The van der Waals surface area contributed by atoms with Crippen molar-refractivity contribution in [3.05, 3.63) is 101 Å². The maximum atomic E-state index is 14.4. The number of benzene rings is 3. The van der Waals surface area contributed by atoms with Gasteiger partial charge in [0.15, 0.2) is 0 Å². The van der Waals surface area contributed by atoms with Crippen LogP contribution in [0.4, 0.5) is 5.69 Å². The molecular formula is C35H31ClN2O6. The van der Waals surface area contributed by atoms with Crippen LogP contribution < -0.4 is 4.90 Å². The summed E-state index contributed by atoms with van der Waals surface area (Å²) in [7, 11) is 0. The van der Waals surface area contributed by atoms with Crippen LogP contribution in [0.3, 0.4) is 0 Å². The molecule has 3 aromatic rings. The monoisotopic (exact) mass is 610 g/mol. The highest BCUT2D eigenvalue weighted by atomic mass is 35.5. The van der Waals surface area contributed by atoms with Crippen LogP contribution in [0.1, 0.15) is 36.8 Å². The SMILES string of the molecule is C[C@@]12C(=O)N(c3ccccc3)C(=O)[C@@H]1C[C@@H]1C(=CC[C@@H]3C(=O)N(CCc4ccc(O)cc4)C(=O)[C@@H]31)[C@@H]2c1cc(Cl)ccc1O. The lowest BCUT2D eigenvalue weighted by Gasteiger charge is -2.49. The molecule has 224 valence electrons. The van der Waals surface area contributed by atoms with Crippen LogP contribution in [0.25, 0.3) is 0 Å². The zero-order valence-corrected chi connectivity index (χ0v) is 24.8. The molecule has 7 rings (SSSR count). The molecule has 6 atom stereocenters. The number of carbonyl (C=O) groups is 4. The summed E-state index contributed by atoms with van der Waals surface area (Å²) in [5, 5.41) is 21.1. The minimum atomic E-state index is -1.26. The average molecular weight is 611 g/mol. The number of hydrogen-bond acceptors (Lipinski definition) is 6. The number of aromatic hydroxyl groups is 2. The number of para-hydroxylation sites is 1. The summed E-state index contributed by atoms with van der Waals surface area (Å²) >= 11 is 6.42. The van der Waals surface area contributed by atoms with Crippen molar-refractivity contribution in [3.63, 3.8) is 0 Å². The van der Waals surface area contributed by atoms with Gasteiger partial charge in [0.25, 0.3) is 0 Å². The predicted molar refractivity (Wildman–Crippen MR) is 163 cm³/mol. The van der Waals surface area contributed by atoms with Gasteiger partial charge in [-0.3, -0.25) is 24.1 Å². The van der Waals surface area contributed by atoms with E-state index in [1.165, 1.54) is 15.9 Å². The van der Waals surface area contributed by atoms with Gasteiger partial charge in [-0.15, -0.1) is 0 Å². The third-order valence-electron chi connectivity index (χ3n) is 10.2. The third kappa shape index (κ3) is 4.11. The predicted octanol–water partition coefficient (Wildman–Crippen LogP) is 5.22. The molecule has 4 aliphatic rings. The standard InChI is InChI=1S/C35H31ClN2O6/c1-35-27(32(42)38(34(35)44)21-5-3-2-4-6-21)18-25-23(30(35)26-17-20(36)9-14-28(26)40)12-13-24-29(25)33(43)37(31(24)41)16-15-19-7-10-22(39)11-8-19/h2-12,14,17,24-25,27,29-30,39-40H,13,15-16,18H2,1H3/t24-,25+,27-,29-,30+,35+/m0/s1. The maximum Gasteiger partial charge on any atom is 0.241 e. The van der Waals surface area contributed by atoms with E-state index in [0.717, 1.165) is 11.1 Å². The summed E-state index contributed by atoms with van der Waals surface area (Å²) in [6, 6.07) is 20.1. The smallest absolute Gasteiger partial charge is 0.241 e. The topological polar surface area (TPSA) is 115 Å². The highest BCUT2D eigenvalue weighted by Crippen LogP contribution is 2.64. The maximum absolute atomic E-state index is 14.4. The quantitative estimate of drug-likeness (QED) is 0.302. The molecule has 0 bridgehead atoms. The Hall–Kier alpha value is -4.43. The van der Waals surface area contributed by atoms with Gasteiger partial charge in [-0.25, -0.2) is 4.90 Å². The van der Waals surface area contributed by atoms with E-state index in [0.29, 0.717) is 29.1 Å². The van der Waals surface area contributed by atoms with Gasteiger partial charge in [0, 0.05) is 23.0 Å². The fourth-order valence-corrected chi connectivity index (χ4v) is 8.31. The summed E-state index contributed by atoms with van der Waals surface area (Å²) in [6.07, 6.45) is 2.96. The Morgan fingerprint density at radius 3 is 2.34 bits per heavy atom. The molecule has 1 saturated carbocycles. The van der Waals surface area contributed by atoms with Crippen LogP contribution in [0.2, 0.25) is 5.02 Å². The molecule has 2 heterocycles. The Bertz CT molecular complexity index is 1740. The van der Waals surface area contributed by atoms with Crippen LogP contribution in [-0.2, 0) is 25.6 Å². The number of hydrogen-bond donors (Lipinski definition) is 2. The van der Waals surface area contributed by atoms with Crippen molar-refractivity contribution in [2.75, 3.05) is 11.4 Å². The first-order chi connectivity index (χ1) is 21.1. The molecule has 4 amide bonds. The Balaban J connectivity index is 1.30. The summed E-state index contributed by atoms with van der Waals surface area (Å²) in [5.41, 5.74) is 1.32. The van der Waals surface area contributed by atoms with Crippen LogP contribution in [-0.4, -0.2) is 45.3 Å². The number of phenols is 2. The lowest BCUT2D eigenvalue weighted by atomic mass is 9.51. The zero-order valence-electron chi connectivity index (χ0n) is 24.0. The van der Waals surface area contributed by atoms with Crippen LogP contribution in [0, 0.1) is 29.1 Å². The van der Waals surface area contributed by atoms with E-state index in [4.69, 9.17) is 11.6 Å². The van der Waals surface area contributed by atoms with Gasteiger partial charge in [-0.05, 0) is 80.1 Å². The molecule has 0 radical (unpaired) electrons. The van der Waals surface area contributed by atoms with Crippen molar-refractivity contribution in [1.29, 1.82) is 0 Å². The van der Waals surface area contributed by atoms with Crippen molar-refractivity contribution < 1.29 is 29.4 Å². The number of halogens is 1. The second kappa shape index (κ2) is 10.3. The molecule has 0 unspecified atom stereocenters. The molecule has 8 nitrogen and oxygen atoms in total. The molecule has 2 aliphatic carbocycles. The summed E-state index contributed by atoms with van der Waals surface area (Å²) in [6.45, 7) is 1.98. The van der Waals surface area contributed by atoms with Gasteiger partial charge in [0.05, 0.1) is 28.9 Å². The minimum absolute atomic E-state index is 0.0502. The number of phenolic OH excluding ortho intramolecular Hbond substituents is 2. The van der Waals surface area contributed by atoms with E-state index in [1.807, 2.05) is 12.1 Å². The molecule has 2 N–H and O–H groups in total. The van der Waals surface area contributed by atoms with Crippen molar-refractivity contribution in [2.24, 2.45) is 29.1 Å². The van der Waals surface area contributed by atoms with Crippen molar-refractivity contribution in [3.8, 4) is 11.5 Å². The number of allylic oxidation sites excluding steroid dienone is 2. The molecular weight excluding hydrogens is 580 g/mol. The van der Waals surface area contributed by atoms with Crippen molar-refractivity contribution in [2.45, 2.75) is 32.1 Å². The molecule has 3 aromatic carbocycles. The first-order valence-electron chi connectivity index (χ1n) is 14.9. The largest absolute Gasteiger partial charge is 0.508 e. The normalized spacial score (nSPS) is 29.4. The number of imide groups is 2. The van der Waals surface area contributed by atoms with E-state index >= 15 is 0 Å². The van der Waals surface area contributed by atoms with Gasteiger partial charge in [0.2, 0.25) is 23.6 Å². The van der Waals surface area contributed by atoms with Gasteiger partial charge in [-0.2, -0.15) is 0 Å². The Morgan fingerprint density at radius 1 is 0.886 bits per heavy atom. The minimum Gasteiger partial charge on any atom is -0.508 e. The second-order valence-electron chi connectivity index (χ2n) is 12.4. The fourth-order valence-electron chi connectivity index (χ4n) is 8.13. The molecule has 0 aromatic heterocycles. The van der Waals surface area contributed by atoms with Crippen LogP contribution >= 0.6 is 11.6 Å². The zero-order chi connectivity index (χ0) is 30.9. The number of nitrogens with zero attached hydrogens (tertiary/aromatic N) is 2. The van der Waals surface area contributed by atoms with Crippen molar-refractivity contribution in [1.82, 2.24) is 4.90 Å². The third-order valence-corrected chi connectivity index (χ3v) is 10.5. The fraction of sp³-hybridized carbons (Fsp3) is 0.314. The summed E-state index contributed by atoms with van der Waals surface area (Å²) < 4.78 is 0. The van der Waals surface area contributed by atoms with Gasteiger partial charge in [-0.1, -0.05) is 53.6 Å². The molecule has 0 spiro atoms. The lowest BCUT2D eigenvalue weighted by molar-refractivity contribution is -0.140. The van der Waals surface area contributed by atoms with E-state index in [2.05, 4.69) is 0 Å². The number of anilines is 1. The number of fused-ring (bicyclic) bond motifs is 4. The Kier molecular flexibility index (Phi) is 6.66. The van der Waals surface area contributed by atoms with E-state index in [-0.39, 0.29) is 48.1 Å². The molecule has 2 saturated heterocycles. The van der Waals surface area contributed by atoms with E-state index in [9.17, 15) is 29.4 Å². The lowest BCUT2D eigenvalue weighted by Crippen LogP contribution is -2.49. The Labute approximate surface area is 259 Å². The summed E-state index contributed by atoms with van der Waals surface area (Å²) in [4.78, 5) is 58.8. The highest BCUT2D eigenvalue weighted by molar-refractivity contribution is 6.30. The first-order valence-corrected chi connectivity index (χ1v) is 15.2. The number of likely N-dealkylation sites (tertiary alicyclic amines) is 1. The first kappa shape index (κ1) is 28.3. The highest BCUT2D eigenvalue weighted by Gasteiger charge is 2.67. The van der Waals surface area contributed by atoms with Gasteiger partial charge >= 0.3 is 0 Å². The molecule has 44 heavy (non-hydrogen) atoms. The number of amides is 4. The second-order valence-corrected chi connectivity index (χ2v) is 12.9. The number of carbonyl (C=O) groups excluding carboxylic acids is 4. The van der Waals surface area contributed by atoms with Crippen LogP contribution in [0.5, 0.6) is 11.5 Å². The summed E-state index contributed by atoms with van der Waals surface area (Å²) in [5.74, 6) is -4.36. The van der Waals surface area contributed by atoms with Crippen LogP contribution in [0.15, 0.2) is 84.4 Å². The van der Waals surface area contributed by atoms with E-state index in [1.54, 1.807) is 67.6 Å². The number of rotatable bonds is 5. The molecule has 2 aliphatic heterocycles. The molecule has 3 fully saturated rings.